The van der Waals surface area contributed by atoms with Gasteiger partial charge < -0.3 is 14.8 Å². The van der Waals surface area contributed by atoms with Crippen LogP contribution < -0.4 is 14.8 Å². The third-order valence-electron chi connectivity index (χ3n) is 4.23. The van der Waals surface area contributed by atoms with Gasteiger partial charge in [0.1, 0.15) is 17.2 Å². The molecule has 0 aliphatic rings. The molecule has 0 saturated heterocycles. The standard InChI is InChI=1S/C21H22ClN3O3/c1-4-11-25-19(21(26)23-15-7-5-14(22)6-8-15)13-18(24-25)17-10-9-16(27-2)12-20(17)28-3/h5-10,12-13H,4,11H2,1-3H3,(H,23,26). The van der Waals surface area contributed by atoms with E-state index in [1.54, 1.807) is 55.3 Å². The Labute approximate surface area is 169 Å². The Morgan fingerprint density at radius 2 is 1.86 bits per heavy atom. The van der Waals surface area contributed by atoms with E-state index in [9.17, 15) is 4.79 Å². The van der Waals surface area contributed by atoms with Crippen molar-refractivity contribution < 1.29 is 14.3 Å². The van der Waals surface area contributed by atoms with Crippen LogP contribution in [-0.2, 0) is 6.54 Å². The first-order valence-electron chi connectivity index (χ1n) is 8.93. The molecule has 3 rings (SSSR count). The van der Waals surface area contributed by atoms with Crippen molar-refractivity contribution >= 4 is 23.2 Å². The minimum absolute atomic E-state index is 0.234. The van der Waals surface area contributed by atoms with Crippen LogP contribution in [0.1, 0.15) is 23.8 Å². The lowest BCUT2D eigenvalue weighted by atomic mass is 10.1. The molecule has 3 aromatic rings. The quantitative estimate of drug-likeness (QED) is 0.614. The zero-order valence-corrected chi connectivity index (χ0v) is 16.8. The van der Waals surface area contributed by atoms with E-state index in [1.165, 1.54) is 0 Å². The maximum atomic E-state index is 12.8. The number of aromatic nitrogens is 2. The molecule has 0 fully saturated rings. The molecule has 146 valence electrons. The molecule has 6 nitrogen and oxygen atoms in total. The van der Waals surface area contributed by atoms with E-state index < -0.39 is 0 Å². The molecule has 0 aliphatic carbocycles. The van der Waals surface area contributed by atoms with Gasteiger partial charge in [-0.3, -0.25) is 9.48 Å². The average Bonchev–Trinajstić information content (AvgIpc) is 3.13. The van der Waals surface area contributed by atoms with Gasteiger partial charge >= 0.3 is 0 Å². The van der Waals surface area contributed by atoms with Crippen molar-refractivity contribution in [3.63, 3.8) is 0 Å². The van der Waals surface area contributed by atoms with E-state index >= 15 is 0 Å². The van der Waals surface area contributed by atoms with Gasteiger partial charge in [0.25, 0.3) is 5.91 Å². The van der Waals surface area contributed by atoms with Gasteiger partial charge in [-0.15, -0.1) is 0 Å². The zero-order chi connectivity index (χ0) is 20.1. The second-order valence-corrected chi connectivity index (χ2v) is 6.60. The van der Waals surface area contributed by atoms with Crippen LogP contribution in [0.5, 0.6) is 11.5 Å². The summed E-state index contributed by atoms with van der Waals surface area (Å²) in [6.07, 6.45) is 0.849. The number of amides is 1. The Kier molecular flexibility index (Phi) is 6.21. The zero-order valence-electron chi connectivity index (χ0n) is 16.0. The van der Waals surface area contributed by atoms with Crippen molar-refractivity contribution in [1.29, 1.82) is 0 Å². The molecule has 0 radical (unpaired) electrons. The van der Waals surface area contributed by atoms with Gasteiger partial charge in [0.2, 0.25) is 0 Å². The number of hydrogen-bond acceptors (Lipinski definition) is 4. The highest BCUT2D eigenvalue weighted by atomic mass is 35.5. The minimum Gasteiger partial charge on any atom is -0.497 e. The van der Waals surface area contributed by atoms with Gasteiger partial charge in [-0.25, -0.2) is 0 Å². The molecule has 0 saturated carbocycles. The largest absolute Gasteiger partial charge is 0.497 e. The minimum atomic E-state index is -0.234. The number of rotatable bonds is 7. The van der Waals surface area contributed by atoms with Crippen molar-refractivity contribution in [2.75, 3.05) is 19.5 Å². The summed E-state index contributed by atoms with van der Waals surface area (Å²) in [5.41, 5.74) is 2.60. The van der Waals surface area contributed by atoms with Gasteiger partial charge in [-0.05, 0) is 48.9 Å². The molecular weight excluding hydrogens is 378 g/mol. The first-order valence-corrected chi connectivity index (χ1v) is 9.30. The number of ether oxygens (including phenoxy) is 2. The van der Waals surface area contributed by atoms with Gasteiger partial charge in [0.15, 0.2) is 0 Å². The Balaban J connectivity index is 1.95. The summed E-state index contributed by atoms with van der Waals surface area (Å²) < 4.78 is 12.4. The Morgan fingerprint density at radius 3 is 2.50 bits per heavy atom. The molecule has 28 heavy (non-hydrogen) atoms. The number of aryl methyl sites for hydroxylation is 1. The monoisotopic (exact) mass is 399 g/mol. The molecule has 0 spiro atoms. The van der Waals surface area contributed by atoms with Crippen LogP contribution in [0, 0.1) is 0 Å². The Morgan fingerprint density at radius 1 is 1.11 bits per heavy atom. The molecular formula is C21H22ClN3O3. The number of hydrogen-bond donors (Lipinski definition) is 1. The van der Waals surface area contributed by atoms with Gasteiger partial charge in [-0.1, -0.05) is 18.5 Å². The number of nitrogens with zero attached hydrogens (tertiary/aromatic N) is 2. The lowest BCUT2D eigenvalue weighted by Gasteiger charge is -2.08. The van der Waals surface area contributed by atoms with E-state index in [1.807, 2.05) is 19.1 Å². The van der Waals surface area contributed by atoms with Crippen molar-refractivity contribution in [2.24, 2.45) is 0 Å². The normalized spacial score (nSPS) is 10.6. The van der Waals surface area contributed by atoms with Gasteiger partial charge in [0.05, 0.1) is 19.9 Å². The smallest absolute Gasteiger partial charge is 0.273 e. The fourth-order valence-electron chi connectivity index (χ4n) is 2.85. The number of carbonyl (C=O) groups is 1. The van der Waals surface area contributed by atoms with Crippen LogP contribution in [0.4, 0.5) is 5.69 Å². The lowest BCUT2D eigenvalue weighted by molar-refractivity contribution is 0.101. The number of benzene rings is 2. The summed E-state index contributed by atoms with van der Waals surface area (Å²) in [6, 6.07) is 14.2. The summed E-state index contributed by atoms with van der Waals surface area (Å²) in [4.78, 5) is 12.8. The number of carbonyl (C=O) groups excluding carboxylic acids is 1. The van der Waals surface area contributed by atoms with Gasteiger partial charge in [0, 0.05) is 28.9 Å². The fourth-order valence-corrected chi connectivity index (χ4v) is 2.98. The average molecular weight is 400 g/mol. The first kappa shape index (κ1) is 19.8. The number of halogens is 1. The summed E-state index contributed by atoms with van der Waals surface area (Å²) in [5, 5.41) is 8.13. The summed E-state index contributed by atoms with van der Waals surface area (Å²) in [6.45, 7) is 2.66. The van der Waals surface area contributed by atoms with Crippen molar-refractivity contribution in [3.05, 3.63) is 59.2 Å². The Bertz CT molecular complexity index is 968. The van der Waals surface area contributed by atoms with E-state index in [0.29, 0.717) is 40.1 Å². The van der Waals surface area contributed by atoms with Crippen LogP contribution in [0.2, 0.25) is 5.02 Å². The van der Waals surface area contributed by atoms with Crippen LogP contribution in [-0.4, -0.2) is 29.9 Å². The highest BCUT2D eigenvalue weighted by Crippen LogP contribution is 2.33. The summed E-state index contributed by atoms with van der Waals surface area (Å²) in [5.74, 6) is 1.08. The molecule has 1 heterocycles. The molecule has 2 aromatic carbocycles. The molecule has 0 aliphatic heterocycles. The number of nitrogens with one attached hydrogen (secondary N) is 1. The van der Waals surface area contributed by atoms with E-state index in [4.69, 9.17) is 21.1 Å². The third kappa shape index (κ3) is 4.28. The van der Waals surface area contributed by atoms with Crippen LogP contribution in [0.3, 0.4) is 0 Å². The van der Waals surface area contributed by atoms with Crippen LogP contribution in [0.25, 0.3) is 11.3 Å². The molecule has 0 unspecified atom stereocenters. The second-order valence-electron chi connectivity index (χ2n) is 6.17. The maximum Gasteiger partial charge on any atom is 0.273 e. The van der Waals surface area contributed by atoms with Gasteiger partial charge in [-0.2, -0.15) is 5.10 Å². The van der Waals surface area contributed by atoms with Crippen molar-refractivity contribution in [3.8, 4) is 22.8 Å². The van der Waals surface area contributed by atoms with E-state index in [0.717, 1.165) is 12.0 Å². The van der Waals surface area contributed by atoms with Crippen LogP contribution in [0.15, 0.2) is 48.5 Å². The van der Waals surface area contributed by atoms with Crippen molar-refractivity contribution in [1.82, 2.24) is 9.78 Å². The number of anilines is 1. The Hall–Kier alpha value is -2.99. The molecule has 7 heteroatoms. The second kappa shape index (κ2) is 8.80. The molecule has 0 bridgehead atoms. The first-order chi connectivity index (χ1) is 13.5. The molecule has 1 amide bonds. The highest BCUT2D eigenvalue weighted by Gasteiger charge is 2.18. The fraction of sp³-hybridized carbons (Fsp3) is 0.238. The SMILES string of the molecule is CCCn1nc(-c2ccc(OC)cc2OC)cc1C(=O)Nc1ccc(Cl)cc1. The lowest BCUT2D eigenvalue weighted by Crippen LogP contribution is -2.17. The highest BCUT2D eigenvalue weighted by molar-refractivity contribution is 6.30. The third-order valence-corrected chi connectivity index (χ3v) is 4.49. The molecule has 1 N–H and O–H groups in total. The predicted molar refractivity (Wildman–Crippen MR) is 110 cm³/mol. The maximum absolute atomic E-state index is 12.8. The van der Waals surface area contributed by atoms with Crippen LogP contribution >= 0.6 is 11.6 Å². The predicted octanol–water partition coefficient (Wildman–Crippen LogP) is 4.88. The summed E-state index contributed by atoms with van der Waals surface area (Å²) >= 11 is 5.91. The molecule has 1 aromatic heterocycles. The van der Waals surface area contributed by atoms with E-state index in [2.05, 4.69) is 10.4 Å². The topological polar surface area (TPSA) is 65.4 Å². The summed E-state index contributed by atoms with van der Waals surface area (Å²) in [7, 11) is 3.19. The number of methoxy groups -OCH3 is 2. The van der Waals surface area contributed by atoms with Crippen molar-refractivity contribution in [2.45, 2.75) is 19.9 Å². The molecule has 0 atom stereocenters. The van der Waals surface area contributed by atoms with E-state index in [-0.39, 0.29) is 5.91 Å².